The van der Waals surface area contributed by atoms with Gasteiger partial charge in [-0.15, -0.1) is 0 Å². The SMILES string of the molecule is O=C(CCN1C(=O)CCC1=O)NCC(F)(F)CO. The van der Waals surface area contributed by atoms with Gasteiger partial charge < -0.3 is 10.4 Å². The number of hydrogen-bond donors (Lipinski definition) is 2. The smallest absolute Gasteiger partial charge is 0.287 e. The van der Waals surface area contributed by atoms with E-state index in [9.17, 15) is 23.2 Å². The van der Waals surface area contributed by atoms with Crippen LogP contribution in [0.3, 0.4) is 0 Å². The van der Waals surface area contributed by atoms with Crippen LogP contribution in [-0.2, 0) is 14.4 Å². The summed E-state index contributed by atoms with van der Waals surface area (Å²) in [5, 5.41) is 10.2. The number of hydrogen-bond acceptors (Lipinski definition) is 4. The maximum absolute atomic E-state index is 12.6. The van der Waals surface area contributed by atoms with E-state index in [2.05, 4.69) is 0 Å². The molecule has 8 heteroatoms. The minimum Gasteiger partial charge on any atom is -0.390 e. The summed E-state index contributed by atoms with van der Waals surface area (Å²) in [5.41, 5.74) is 0. The zero-order valence-corrected chi connectivity index (χ0v) is 9.62. The van der Waals surface area contributed by atoms with Crippen LogP contribution in [0.4, 0.5) is 8.78 Å². The number of aliphatic hydroxyl groups is 1. The van der Waals surface area contributed by atoms with Gasteiger partial charge in [0.1, 0.15) is 6.61 Å². The summed E-state index contributed by atoms with van der Waals surface area (Å²) >= 11 is 0. The fourth-order valence-corrected chi connectivity index (χ4v) is 1.46. The highest BCUT2D eigenvalue weighted by molar-refractivity contribution is 6.02. The van der Waals surface area contributed by atoms with Crippen LogP contribution in [0.1, 0.15) is 19.3 Å². The summed E-state index contributed by atoms with van der Waals surface area (Å²) < 4.78 is 25.2. The number of imide groups is 1. The molecule has 6 nitrogen and oxygen atoms in total. The second kappa shape index (κ2) is 5.85. The number of aliphatic hydroxyl groups excluding tert-OH is 1. The molecule has 1 aliphatic rings. The molecule has 3 amide bonds. The van der Waals surface area contributed by atoms with E-state index in [1.807, 2.05) is 5.32 Å². The summed E-state index contributed by atoms with van der Waals surface area (Å²) in [7, 11) is 0. The molecule has 0 aromatic carbocycles. The predicted octanol–water partition coefficient (Wildman–Crippen LogP) is -0.731. The average Bonchev–Trinajstić information content (AvgIpc) is 2.64. The molecule has 0 spiro atoms. The Hall–Kier alpha value is -1.57. The molecule has 1 rings (SSSR count). The molecular weight excluding hydrogens is 250 g/mol. The number of carbonyl (C=O) groups is 3. The van der Waals surface area contributed by atoms with Gasteiger partial charge >= 0.3 is 0 Å². The van der Waals surface area contributed by atoms with Crippen LogP contribution in [0.15, 0.2) is 0 Å². The second-order valence-corrected chi connectivity index (χ2v) is 3.98. The van der Waals surface area contributed by atoms with Gasteiger partial charge in [0.15, 0.2) is 0 Å². The molecule has 1 saturated heterocycles. The molecule has 1 fully saturated rings. The molecule has 0 radical (unpaired) electrons. The van der Waals surface area contributed by atoms with Gasteiger partial charge in [0, 0.05) is 25.8 Å². The molecule has 102 valence electrons. The van der Waals surface area contributed by atoms with Crippen LogP contribution in [-0.4, -0.2) is 53.3 Å². The van der Waals surface area contributed by atoms with Crippen LogP contribution < -0.4 is 5.32 Å². The van der Waals surface area contributed by atoms with Crippen molar-refractivity contribution < 1.29 is 28.3 Å². The summed E-state index contributed by atoms with van der Waals surface area (Å²) in [5.74, 6) is -4.77. The van der Waals surface area contributed by atoms with E-state index in [0.717, 1.165) is 4.90 Å². The average molecular weight is 264 g/mol. The normalized spacial score (nSPS) is 16.3. The van der Waals surface area contributed by atoms with Crippen molar-refractivity contribution in [2.45, 2.75) is 25.2 Å². The van der Waals surface area contributed by atoms with Crippen LogP contribution in [0.2, 0.25) is 0 Å². The molecule has 1 aliphatic heterocycles. The lowest BCUT2D eigenvalue weighted by Gasteiger charge is -2.16. The Morgan fingerprint density at radius 2 is 1.89 bits per heavy atom. The van der Waals surface area contributed by atoms with Crippen LogP contribution in [0.5, 0.6) is 0 Å². The molecule has 0 bridgehead atoms. The summed E-state index contributed by atoms with van der Waals surface area (Å²) in [4.78, 5) is 34.5. The zero-order chi connectivity index (χ0) is 13.8. The third kappa shape index (κ3) is 4.02. The topological polar surface area (TPSA) is 86.7 Å². The van der Waals surface area contributed by atoms with Crippen molar-refractivity contribution in [3.63, 3.8) is 0 Å². The summed E-state index contributed by atoms with van der Waals surface area (Å²) in [6.07, 6.45) is 0.0328. The Kier molecular flexibility index (Phi) is 4.71. The van der Waals surface area contributed by atoms with Crippen LogP contribution in [0, 0.1) is 0 Å². The van der Waals surface area contributed by atoms with Gasteiger partial charge in [-0.2, -0.15) is 0 Å². The lowest BCUT2D eigenvalue weighted by molar-refractivity contribution is -0.138. The van der Waals surface area contributed by atoms with E-state index in [1.54, 1.807) is 0 Å². The Bertz CT molecular complexity index is 344. The number of nitrogens with one attached hydrogen (secondary N) is 1. The van der Waals surface area contributed by atoms with Gasteiger partial charge in [-0.05, 0) is 0 Å². The number of amides is 3. The van der Waals surface area contributed by atoms with Crippen LogP contribution >= 0.6 is 0 Å². The molecule has 18 heavy (non-hydrogen) atoms. The van der Waals surface area contributed by atoms with Gasteiger partial charge in [-0.1, -0.05) is 0 Å². The molecule has 0 aromatic rings. The van der Waals surface area contributed by atoms with Gasteiger partial charge in [0.05, 0.1) is 6.54 Å². The van der Waals surface area contributed by atoms with Gasteiger partial charge in [0.2, 0.25) is 17.7 Å². The van der Waals surface area contributed by atoms with Crippen LogP contribution in [0.25, 0.3) is 0 Å². The fourth-order valence-electron chi connectivity index (χ4n) is 1.46. The molecule has 0 unspecified atom stereocenters. The zero-order valence-electron chi connectivity index (χ0n) is 9.62. The van der Waals surface area contributed by atoms with Crippen molar-refractivity contribution in [3.8, 4) is 0 Å². The minimum absolute atomic E-state index is 0.103. The van der Waals surface area contributed by atoms with Crippen molar-refractivity contribution in [1.82, 2.24) is 10.2 Å². The molecule has 0 aromatic heterocycles. The van der Waals surface area contributed by atoms with Gasteiger partial charge in [-0.3, -0.25) is 19.3 Å². The second-order valence-electron chi connectivity index (χ2n) is 3.98. The number of carbonyl (C=O) groups excluding carboxylic acids is 3. The van der Waals surface area contributed by atoms with Crippen molar-refractivity contribution in [1.29, 1.82) is 0 Å². The van der Waals surface area contributed by atoms with E-state index in [-0.39, 0.29) is 37.6 Å². The highest BCUT2D eigenvalue weighted by atomic mass is 19.3. The molecule has 0 aliphatic carbocycles. The summed E-state index contributed by atoms with van der Waals surface area (Å²) in [6.45, 7) is -2.42. The number of nitrogens with zero attached hydrogens (tertiary/aromatic N) is 1. The lowest BCUT2D eigenvalue weighted by Crippen LogP contribution is -2.40. The Balaban J connectivity index is 2.29. The summed E-state index contributed by atoms with van der Waals surface area (Å²) in [6, 6.07) is 0. The Labute approximate surface area is 102 Å². The maximum atomic E-state index is 12.6. The van der Waals surface area contributed by atoms with Crippen molar-refractivity contribution >= 4 is 17.7 Å². The minimum atomic E-state index is -3.37. The number of likely N-dealkylation sites (tertiary alicyclic amines) is 1. The van der Waals surface area contributed by atoms with Crippen molar-refractivity contribution in [3.05, 3.63) is 0 Å². The standard InChI is InChI=1S/C10H14F2N2O4/c11-10(12,6-15)5-13-7(16)3-4-14-8(17)1-2-9(14)18/h15H,1-6H2,(H,13,16). The fraction of sp³-hybridized carbons (Fsp3) is 0.700. The van der Waals surface area contributed by atoms with Crippen molar-refractivity contribution in [2.24, 2.45) is 0 Å². The number of halogens is 2. The molecule has 2 N–H and O–H groups in total. The highest BCUT2D eigenvalue weighted by Crippen LogP contribution is 2.12. The predicted molar refractivity (Wildman–Crippen MR) is 55.6 cm³/mol. The number of alkyl halides is 2. The molecule has 1 heterocycles. The maximum Gasteiger partial charge on any atom is 0.287 e. The van der Waals surface area contributed by atoms with E-state index in [1.165, 1.54) is 0 Å². The first-order valence-corrected chi connectivity index (χ1v) is 5.44. The van der Waals surface area contributed by atoms with Gasteiger partial charge in [-0.25, -0.2) is 8.78 Å². The van der Waals surface area contributed by atoms with Gasteiger partial charge in [0.25, 0.3) is 5.92 Å². The monoisotopic (exact) mass is 264 g/mol. The van der Waals surface area contributed by atoms with E-state index in [0.29, 0.717) is 0 Å². The van der Waals surface area contributed by atoms with E-state index in [4.69, 9.17) is 5.11 Å². The van der Waals surface area contributed by atoms with E-state index < -0.39 is 25.0 Å². The Morgan fingerprint density at radius 1 is 1.33 bits per heavy atom. The molecule has 0 saturated carbocycles. The first kappa shape index (κ1) is 14.5. The van der Waals surface area contributed by atoms with Crippen molar-refractivity contribution in [2.75, 3.05) is 19.7 Å². The largest absolute Gasteiger partial charge is 0.390 e. The Morgan fingerprint density at radius 3 is 2.39 bits per heavy atom. The first-order valence-electron chi connectivity index (χ1n) is 5.44. The number of rotatable bonds is 6. The first-order chi connectivity index (χ1) is 8.35. The molecular formula is C10H14F2N2O4. The lowest BCUT2D eigenvalue weighted by atomic mass is 10.3. The van der Waals surface area contributed by atoms with E-state index >= 15 is 0 Å². The molecule has 0 atom stereocenters. The quantitative estimate of drug-likeness (QED) is 0.619. The third-order valence-corrected chi connectivity index (χ3v) is 2.49. The highest BCUT2D eigenvalue weighted by Gasteiger charge is 2.30. The third-order valence-electron chi connectivity index (χ3n) is 2.49.